The van der Waals surface area contributed by atoms with Crippen molar-refractivity contribution in [3.8, 4) is 0 Å². The first-order valence-corrected chi connectivity index (χ1v) is 9.84. The van der Waals surface area contributed by atoms with E-state index in [1.165, 1.54) is 0 Å². The molecule has 0 aliphatic rings. The van der Waals surface area contributed by atoms with E-state index < -0.39 is 11.7 Å². The summed E-state index contributed by atoms with van der Waals surface area (Å²) in [5.74, 6) is 0.0383. The number of nitrogens with one attached hydrogen (secondary N) is 1. The molecule has 160 valence electrons. The van der Waals surface area contributed by atoms with Gasteiger partial charge in [-0.25, -0.2) is 4.79 Å². The third-order valence-electron chi connectivity index (χ3n) is 4.63. The van der Waals surface area contributed by atoms with Gasteiger partial charge < -0.3 is 24.6 Å². The molecule has 0 bridgehead atoms. The molecule has 0 spiro atoms. The van der Waals surface area contributed by atoms with Gasteiger partial charge in [-0.15, -0.1) is 0 Å². The van der Waals surface area contributed by atoms with Crippen molar-refractivity contribution in [3.05, 3.63) is 35.4 Å². The van der Waals surface area contributed by atoms with Gasteiger partial charge in [-0.1, -0.05) is 24.3 Å². The fraction of sp³-hybridized carbons (Fsp3) is 0.682. The van der Waals surface area contributed by atoms with Gasteiger partial charge in [-0.2, -0.15) is 0 Å². The maximum Gasteiger partial charge on any atom is 0.407 e. The monoisotopic (exact) mass is 395 g/mol. The van der Waals surface area contributed by atoms with Gasteiger partial charge in [0.15, 0.2) is 0 Å². The molecule has 0 fully saturated rings. The number of hydrogen-bond donors (Lipinski definition) is 2. The second-order valence-corrected chi connectivity index (χ2v) is 8.34. The largest absolute Gasteiger partial charge is 0.444 e. The zero-order valence-electron chi connectivity index (χ0n) is 18.3. The molecule has 6 nitrogen and oxygen atoms in total. The number of benzene rings is 1. The Bertz CT molecular complexity index is 578. The van der Waals surface area contributed by atoms with Gasteiger partial charge in [0.1, 0.15) is 5.60 Å². The predicted molar refractivity (Wildman–Crippen MR) is 111 cm³/mol. The van der Waals surface area contributed by atoms with Crippen LogP contribution in [0.2, 0.25) is 0 Å². The van der Waals surface area contributed by atoms with Crippen molar-refractivity contribution >= 4 is 6.09 Å². The molecule has 0 saturated heterocycles. The van der Waals surface area contributed by atoms with Gasteiger partial charge in [0.2, 0.25) is 0 Å². The van der Waals surface area contributed by atoms with Crippen molar-refractivity contribution in [1.29, 1.82) is 0 Å². The van der Waals surface area contributed by atoms with Crippen molar-refractivity contribution in [2.24, 2.45) is 0 Å². The Morgan fingerprint density at radius 2 is 1.71 bits per heavy atom. The number of ether oxygens (including phenoxy) is 3. The Morgan fingerprint density at radius 1 is 1.11 bits per heavy atom. The first kappa shape index (κ1) is 24.4. The average Bonchev–Trinajstić information content (AvgIpc) is 2.60. The van der Waals surface area contributed by atoms with Crippen LogP contribution in [0.5, 0.6) is 0 Å². The van der Waals surface area contributed by atoms with E-state index in [2.05, 4.69) is 29.6 Å². The molecule has 1 amide bonds. The Morgan fingerprint density at radius 3 is 2.18 bits per heavy atom. The number of carbonyl (C=O) groups is 1. The van der Waals surface area contributed by atoms with Crippen molar-refractivity contribution in [1.82, 2.24) is 5.32 Å². The topological polar surface area (TPSA) is 77.0 Å². The summed E-state index contributed by atoms with van der Waals surface area (Å²) in [7, 11) is 3.30. The normalized spacial score (nSPS) is 16.1. The molecule has 0 saturated carbocycles. The Labute approximate surface area is 169 Å². The van der Waals surface area contributed by atoms with Gasteiger partial charge in [0, 0.05) is 26.2 Å². The van der Waals surface area contributed by atoms with Crippen LogP contribution >= 0.6 is 0 Å². The minimum absolute atomic E-state index is 0.0383. The zero-order valence-corrected chi connectivity index (χ0v) is 18.3. The van der Waals surface area contributed by atoms with Crippen LogP contribution in [-0.2, 0) is 20.6 Å². The van der Waals surface area contributed by atoms with Crippen LogP contribution in [0.25, 0.3) is 0 Å². The lowest BCUT2D eigenvalue weighted by atomic mass is 9.87. The highest BCUT2D eigenvalue weighted by Gasteiger charge is 2.25. The van der Waals surface area contributed by atoms with Crippen LogP contribution in [-0.4, -0.2) is 55.9 Å². The highest BCUT2D eigenvalue weighted by Crippen LogP contribution is 2.28. The maximum atomic E-state index is 11.9. The lowest BCUT2D eigenvalue weighted by Gasteiger charge is -2.27. The molecule has 2 N–H and O–H groups in total. The van der Waals surface area contributed by atoms with Crippen molar-refractivity contribution in [2.45, 2.75) is 77.2 Å². The molecule has 0 radical (unpaired) electrons. The maximum absolute atomic E-state index is 11.9. The molecule has 1 aromatic carbocycles. The first-order chi connectivity index (χ1) is 13.1. The standard InChI is InChI=1S/C22H37NO5/c1-15(23-21(25)28-22(3,4)5)12-17-8-10-18(11-9-17)19(13-16(2)26-6)20(14-24)27-7/h8-11,15-16,19-20,24H,12-14H2,1-7H3,(H,23,25). The molecular formula is C22H37NO5. The SMILES string of the molecule is COC(C)CC(c1ccc(CC(C)NC(=O)OC(C)(C)C)cc1)C(CO)OC. The van der Waals surface area contributed by atoms with Crippen LogP contribution in [0.15, 0.2) is 24.3 Å². The Kier molecular flexibility index (Phi) is 9.93. The van der Waals surface area contributed by atoms with E-state index in [0.717, 1.165) is 17.5 Å². The molecular weight excluding hydrogens is 358 g/mol. The number of aliphatic hydroxyl groups is 1. The van der Waals surface area contributed by atoms with Crippen molar-refractivity contribution in [2.75, 3.05) is 20.8 Å². The fourth-order valence-electron chi connectivity index (χ4n) is 3.14. The second-order valence-electron chi connectivity index (χ2n) is 8.34. The molecule has 4 atom stereocenters. The van der Waals surface area contributed by atoms with E-state index in [4.69, 9.17) is 14.2 Å². The summed E-state index contributed by atoms with van der Waals surface area (Å²) in [5, 5.41) is 12.5. The van der Waals surface area contributed by atoms with Crippen molar-refractivity contribution in [3.63, 3.8) is 0 Å². The van der Waals surface area contributed by atoms with E-state index in [-0.39, 0.29) is 30.8 Å². The quantitative estimate of drug-likeness (QED) is 0.632. The number of methoxy groups -OCH3 is 2. The zero-order chi connectivity index (χ0) is 21.3. The summed E-state index contributed by atoms with van der Waals surface area (Å²) >= 11 is 0. The highest BCUT2D eigenvalue weighted by atomic mass is 16.6. The molecule has 0 aliphatic carbocycles. The summed E-state index contributed by atoms with van der Waals surface area (Å²) in [6, 6.07) is 8.18. The number of carbonyl (C=O) groups excluding carboxylic acids is 1. The van der Waals surface area contributed by atoms with Crippen molar-refractivity contribution < 1.29 is 24.1 Å². The Balaban J connectivity index is 2.77. The van der Waals surface area contributed by atoms with E-state index in [0.29, 0.717) is 6.42 Å². The van der Waals surface area contributed by atoms with Gasteiger partial charge in [-0.05, 0) is 58.6 Å². The second kappa shape index (κ2) is 11.4. The number of rotatable bonds is 10. The first-order valence-electron chi connectivity index (χ1n) is 9.84. The fourth-order valence-corrected chi connectivity index (χ4v) is 3.14. The molecule has 0 heterocycles. The minimum atomic E-state index is -0.510. The van der Waals surface area contributed by atoms with Gasteiger partial charge in [-0.3, -0.25) is 0 Å². The summed E-state index contributed by atoms with van der Waals surface area (Å²) in [6.07, 6.45) is 0.831. The summed E-state index contributed by atoms with van der Waals surface area (Å²) in [4.78, 5) is 11.9. The van der Waals surface area contributed by atoms with Crippen LogP contribution in [0.1, 0.15) is 58.1 Å². The highest BCUT2D eigenvalue weighted by molar-refractivity contribution is 5.68. The third-order valence-corrected chi connectivity index (χ3v) is 4.63. The van der Waals surface area contributed by atoms with Crippen LogP contribution in [0.3, 0.4) is 0 Å². The molecule has 28 heavy (non-hydrogen) atoms. The number of aliphatic hydroxyl groups excluding tert-OH is 1. The minimum Gasteiger partial charge on any atom is -0.444 e. The molecule has 1 aromatic rings. The number of alkyl carbamates (subject to hydrolysis) is 1. The number of hydrogen-bond acceptors (Lipinski definition) is 5. The lowest BCUT2D eigenvalue weighted by Crippen LogP contribution is -2.38. The molecule has 1 rings (SSSR count). The van der Waals surface area contributed by atoms with E-state index in [9.17, 15) is 9.90 Å². The Hall–Kier alpha value is -1.63. The molecule has 4 unspecified atom stereocenters. The van der Waals surface area contributed by atoms with Gasteiger partial charge in [0.25, 0.3) is 0 Å². The van der Waals surface area contributed by atoms with E-state index in [1.54, 1.807) is 14.2 Å². The molecule has 0 aromatic heterocycles. The summed E-state index contributed by atoms with van der Waals surface area (Å²) in [5.41, 5.74) is 1.70. The average molecular weight is 396 g/mol. The molecule has 0 aliphatic heterocycles. The van der Waals surface area contributed by atoms with Crippen LogP contribution in [0.4, 0.5) is 4.79 Å². The molecule has 6 heteroatoms. The smallest absolute Gasteiger partial charge is 0.407 e. The summed E-state index contributed by atoms with van der Waals surface area (Å²) < 4.78 is 16.2. The number of amides is 1. The van der Waals surface area contributed by atoms with Gasteiger partial charge in [0.05, 0.1) is 18.8 Å². The lowest BCUT2D eigenvalue weighted by molar-refractivity contribution is 0.0108. The predicted octanol–water partition coefficient (Wildman–Crippen LogP) is 3.66. The van der Waals surface area contributed by atoms with E-state index in [1.807, 2.05) is 34.6 Å². The van der Waals surface area contributed by atoms with Crippen LogP contribution < -0.4 is 5.32 Å². The van der Waals surface area contributed by atoms with Gasteiger partial charge >= 0.3 is 6.09 Å². The van der Waals surface area contributed by atoms with Crippen LogP contribution in [0, 0.1) is 0 Å². The third kappa shape index (κ3) is 8.59. The van der Waals surface area contributed by atoms with E-state index >= 15 is 0 Å². The summed E-state index contributed by atoms with van der Waals surface area (Å²) in [6.45, 7) is 9.45.